The minimum atomic E-state index is 0.549. The zero-order chi connectivity index (χ0) is 36.2. The molecule has 1 N–H and O–H groups in total. The second kappa shape index (κ2) is 14.6. The van der Waals surface area contributed by atoms with Crippen LogP contribution in [-0.2, 0) is 0 Å². The van der Waals surface area contributed by atoms with E-state index in [9.17, 15) is 0 Å². The van der Waals surface area contributed by atoms with E-state index >= 15 is 0 Å². The third kappa shape index (κ3) is 6.29. The van der Waals surface area contributed by atoms with Crippen molar-refractivity contribution in [1.82, 2.24) is 30.2 Å². The lowest BCUT2D eigenvalue weighted by Crippen LogP contribution is -2.54. The molecular weight excluding hydrogens is 705 g/mol. The van der Waals surface area contributed by atoms with Crippen LogP contribution in [0.4, 0.5) is 11.6 Å². The molecular formula is C44H50N8S2. The maximum Gasteiger partial charge on any atom is 0.141 e. The maximum atomic E-state index is 4.84. The van der Waals surface area contributed by atoms with Gasteiger partial charge in [-0.2, -0.15) is 0 Å². The van der Waals surface area contributed by atoms with E-state index in [-0.39, 0.29) is 0 Å². The monoisotopic (exact) mass is 754 g/mol. The Morgan fingerprint density at radius 3 is 1.48 bits per heavy atom. The van der Waals surface area contributed by atoms with E-state index in [1.807, 2.05) is 0 Å². The fourth-order valence-corrected chi connectivity index (χ4v) is 12.2. The van der Waals surface area contributed by atoms with E-state index in [2.05, 4.69) is 115 Å². The quantitative estimate of drug-likeness (QED) is 0.173. The Kier molecular flexibility index (Phi) is 9.34. The van der Waals surface area contributed by atoms with Gasteiger partial charge < -0.3 is 20.0 Å². The molecule has 5 saturated heterocycles. The molecule has 54 heavy (non-hydrogen) atoms. The summed E-state index contributed by atoms with van der Waals surface area (Å²) in [5, 5.41) is 10.8. The van der Waals surface area contributed by atoms with Crippen molar-refractivity contribution in [1.29, 1.82) is 0 Å². The van der Waals surface area contributed by atoms with Gasteiger partial charge in [0.05, 0.1) is 10.8 Å². The van der Waals surface area contributed by atoms with E-state index in [0.717, 1.165) is 21.5 Å². The molecule has 11 rings (SSSR count). The SMILES string of the molecule is CC(C)NC1CC2CCC(C1)N2c1ncnc2scc(-c3ccccc3)c12.c1ccc(-c2csc3ncnc(N4C5CCC4CC(N4CCC4)C5)c23)cc1. The minimum absolute atomic E-state index is 0.549. The van der Waals surface area contributed by atoms with Crippen LogP contribution < -0.4 is 15.1 Å². The number of benzene rings is 2. The molecule has 0 saturated carbocycles. The van der Waals surface area contributed by atoms with Gasteiger partial charge in [-0.1, -0.05) is 74.5 Å². The van der Waals surface area contributed by atoms with Crippen molar-refractivity contribution in [3.63, 3.8) is 0 Å². The van der Waals surface area contributed by atoms with Gasteiger partial charge >= 0.3 is 0 Å². The third-order valence-corrected chi connectivity index (χ3v) is 14.5. The van der Waals surface area contributed by atoms with E-state index in [0.29, 0.717) is 36.3 Å². The molecule has 5 aliphatic rings. The highest BCUT2D eigenvalue weighted by atomic mass is 32.1. The van der Waals surface area contributed by atoms with Gasteiger partial charge in [0.15, 0.2) is 0 Å². The van der Waals surface area contributed by atoms with Gasteiger partial charge in [-0.25, -0.2) is 19.9 Å². The summed E-state index contributed by atoms with van der Waals surface area (Å²) in [5.74, 6) is 2.32. The Morgan fingerprint density at radius 1 is 0.593 bits per heavy atom. The van der Waals surface area contributed by atoms with Crippen molar-refractivity contribution >= 4 is 54.7 Å². The molecule has 0 aliphatic carbocycles. The summed E-state index contributed by atoms with van der Waals surface area (Å²) in [6.07, 6.45) is 15.1. The number of hydrogen-bond donors (Lipinski definition) is 1. The van der Waals surface area contributed by atoms with Crippen molar-refractivity contribution < 1.29 is 0 Å². The maximum absolute atomic E-state index is 4.84. The molecule has 4 atom stereocenters. The number of piperidine rings is 2. The molecule has 0 amide bonds. The van der Waals surface area contributed by atoms with Gasteiger partial charge in [-0.3, -0.25) is 0 Å². The topological polar surface area (TPSA) is 73.3 Å². The van der Waals surface area contributed by atoms with Crippen LogP contribution in [0.15, 0.2) is 84.1 Å². The van der Waals surface area contributed by atoms with Crippen LogP contribution in [0.1, 0.15) is 71.6 Å². The Hall–Kier alpha value is -3.96. The minimum Gasteiger partial charge on any atom is -0.350 e. The summed E-state index contributed by atoms with van der Waals surface area (Å²) >= 11 is 3.47. The highest BCUT2D eigenvalue weighted by Gasteiger charge is 2.45. The van der Waals surface area contributed by atoms with Gasteiger partial charge in [0.1, 0.15) is 34.0 Å². The first-order valence-corrected chi connectivity index (χ1v) is 22.0. The lowest BCUT2D eigenvalue weighted by atomic mass is 9.93. The number of aromatic nitrogens is 4. The van der Waals surface area contributed by atoms with Gasteiger partial charge in [0, 0.05) is 64.2 Å². The number of likely N-dealkylation sites (tertiary alicyclic amines) is 1. The lowest BCUT2D eigenvalue weighted by molar-refractivity contribution is 0.0889. The van der Waals surface area contributed by atoms with Crippen molar-refractivity contribution in [3.8, 4) is 22.3 Å². The summed E-state index contributed by atoms with van der Waals surface area (Å²) < 4.78 is 0. The number of nitrogens with one attached hydrogen (secondary N) is 1. The van der Waals surface area contributed by atoms with E-state index in [1.54, 1.807) is 35.3 Å². The first kappa shape index (κ1) is 34.5. The van der Waals surface area contributed by atoms with Gasteiger partial charge in [-0.15, -0.1) is 22.7 Å². The number of nitrogens with zero attached hydrogens (tertiary/aromatic N) is 7. The highest BCUT2D eigenvalue weighted by molar-refractivity contribution is 7.17. The van der Waals surface area contributed by atoms with Crippen LogP contribution in [0.3, 0.4) is 0 Å². The molecule has 278 valence electrons. The van der Waals surface area contributed by atoms with Gasteiger partial charge in [0.25, 0.3) is 0 Å². The average Bonchev–Trinajstić information content (AvgIpc) is 3.93. The number of anilines is 2. The molecule has 5 fully saturated rings. The van der Waals surface area contributed by atoms with E-state index in [1.165, 1.54) is 110 Å². The summed E-state index contributed by atoms with van der Waals surface area (Å²) in [4.78, 5) is 29.0. The Labute approximate surface area is 326 Å². The van der Waals surface area contributed by atoms with Crippen LogP contribution in [0.5, 0.6) is 0 Å². The van der Waals surface area contributed by atoms with Gasteiger partial charge in [0.2, 0.25) is 0 Å². The molecule has 0 radical (unpaired) electrons. The van der Waals surface area contributed by atoms with Crippen molar-refractivity contribution in [3.05, 3.63) is 84.1 Å². The first-order chi connectivity index (χ1) is 26.6. The lowest BCUT2D eigenvalue weighted by Gasteiger charge is -2.47. The van der Waals surface area contributed by atoms with Crippen LogP contribution in [0, 0.1) is 0 Å². The molecule has 4 aromatic heterocycles. The number of fused-ring (bicyclic) bond motifs is 6. The Balaban J connectivity index is 0.000000134. The predicted octanol–water partition coefficient (Wildman–Crippen LogP) is 9.42. The largest absolute Gasteiger partial charge is 0.350 e. The Morgan fingerprint density at radius 2 is 1.06 bits per heavy atom. The molecule has 10 heteroatoms. The number of rotatable bonds is 7. The van der Waals surface area contributed by atoms with Crippen molar-refractivity contribution in [2.24, 2.45) is 0 Å². The van der Waals surface area contributed by atoms with Crippen LogP contribution in [-0.4, -0.2) is 80.2 Å². The molecule has 8 nitrogen and oxygen atoms in total. The summed E-state index contributed by atoms with van der Waals surface area (Å²) in [6.45, 7) is 7.12. The van der Waals surface area contributed by atoms with Crippen LogP contribution in [0.2, 0.25) is 0 Å². The van der Waals surface area contributed by atoms with E-state index < -0.39 is 0 Å². The smallest absolute Gasteiger partial charge is 0.141 e. The zero-order valence-corrected chi connectivity index (χ0v) is 33.0. The molecule has 0 spiro atoms. The molecule has 5 aliphatic heterocycles. The predicted molar refractivity (Wildman–Crippen MR) is 225 cm³/mol. The van der Waals surface area contributed by atoms with Gasteiger partial charge in [-0.05, 0) is 82.0 Å². The van der Waals surface area contributed by atoms with Crippen molar-refractivity contribution in [2.45, 2.75) is 114 Å². The average molecular weight is 755 g/mol. The molecule has 2 aromatic carbocycles. The fraction of sp³-hybridized carbons (Fsp3) is 0.455. The molecule has 4 bridgehead atoms. The van der Waals surface area contributed by atoms with Crippen molar-refractivity contribution in [2.75, 3.05) is 22.9 Å². The third-order valence-electron chi connectivity index (χ3n) is 12.8. The van der Waals surface area contributed by atoms with Crippen LogP contribution >= 0.6 is 22.7 Å². The molecule has 4 unspecified atom stereocenters. The van der Waals surface area contributed by atoms with Crippen LogP contribution in [0.25, 0.3) is 42.7 Å². The fourth-order valence-electron chi connectivity index (χ4n) is 10.4. The second-order valence-corrected chi connectivity index (χ2v) is 18.1. The molecule has 9 heterocycles. The number of thiophene rings is 2. The zero-order valence-electron chi connectivity index (χ0n) is 31.3. The highest BCUT2D eigenvalue weighted by Crippen LogP contribution is 2.47. The standard InChI is InChI=1S/C22H24N4S.C22H26N4S/c1-2-5-15(6-3-1)19-13-27-22-20(19)21(23-14-24-22)26-16-7-8-17(26)12-18(11-16)25-9-4-10-25;1-14(2)25-16-10-17-8-9-18(11-16)26(17)21-20-19(15-6-4-3-5-7-15)12-27-22(20)24-13-23-21/h1-3,5-6,13-14,16-18H,4,7-12H2;3-7,12-14,16-18,25H,8-11H2,1-2H3. The normalized spacial score (nSPS) is 26.4. The molecule has 6 aromatic rings. The number of hydrogen-bond acceptors (Lipinski definition) is 10. The second-order valence-electron chi connectivity index (χ2n) is 16.4. The first-order valence-electron chi connectivity index (χ1n) is 20.2. The summed E-state index contributed by atoms with van der Waals surface area (Å²) in [6, 6.07) is 25.8. The Bertz CT molecular complexity index is 2190. The summed E-state index contributed by atoms with van der Waals surface area (Å²) in [5.41, 5.74) is 5.08. The summed E-state index contributed by atoms with van der Waals surface area (Å²) in [7, 11) is 0. The van der Waals surface area contributed by atoms with E-state index in [4.69, 9.17) is 9.97 Å².